The molecule has 0 amide bonds. The number of halogens is 2. The smallest absolute Gasteiger partial charge is 0.137 e. The molecular formula is C18H11Cl2N3. The monoisotopic (exact) mass is 339 g/mol. The summed E-state index contributed by atoms with van der Waals surface area (Å²) in [5.41, 5.74) is 4.70. The Bertz CT molecular complexity index is 974. The van der Waals surface area contributed by atoms with Crippen LogP contribution >= 0.6 is 23.2 Å². The van der Waals surface area contributed by atoms with Crippen molar-refractivity contribution < 1.29 is 0 Å². The summed E-state index contributed by atoms with van der Waals surface area (Å²) < 4.78 is 2.05. The normalized spacial score (nSPS) is 11.0. The molecule has 4 rings (SSSR count). The maximum Gasteiger partial charge on any atom is 0.137 e. The van der Waals surface area contributed by atoms with E-state index in [0.29, 0.717) is 10.2 Å². The molecule has 0 atom stereocenters. The SMILES string of the molecule is Clc1ccc(-c2nc3ccccn3c2-c2ccc(Cl)nc2)cc1. The molecule has 23 heavy (non-hydrogen) atoms. The molecule has 0 saturated carbocycles. The summed E-state index contributed by atoms with van der Waals surface area (Å²) in [5, 5.41) is 1.17. The van der Waals surface area contributed by atoms with Crippen molar-refractivity contribution in [2.45, 2.75) is 0 Å². The molecule has 0 unspecified atom stereocenters. The molecule has 0 aliphatic carbocycles. The zero-order chi connectivity index (χ0) is 15.8. The first-order chi connectivity index (χ1) is 11.2. The zero-order valence-electron chi connectivity index (χ0n) is 11.9. The Morgan fingerprint density at radius 2 is 1.61 bits per heavy atom. The molecule has 5 heteroatoms. The molecule has 0 bridgehead atoms. The maximum atomic E-state index is 6.00. The van der Waals surface area contributed by atoms with E-state index in [0.717, 1.165) is 28.2 Å². The van der Waals surface area contributed by atoms with Crippen LogP contribution in [0.2, 0.25) is 10.2 Å². The third kappa shape index (κ3) is 2.58. The molecule has 0 saturated heterocycles. The van der Waals surface area contributed by atoms with E-state index < -0.39 is 0 Å². The highest BCUT2D eigenvalue weighted by Crippen LogP contribution is 2.33. The van der Waals surface area contributed by atoms with Crippen molar-refractivity contribution in [3.05, 3.63) is 77.2 Å². The number of nitrogens with zero attached hydrogens (tertiary/aromatic N) is 3. The molecule has 0 N–H and O–H groups in total. The molecule has 0 aliphatic rings. The van der Waals surface area contributed by atoms with Crippen molar-refractivity contribution in [2.75, 3.05) is 0 Å². The number of pyridine rings is 2. The van der Waals surface area contributed by atoms with E-state index in [9.17, 15) is 0 Å². The fraction of sp³-hybridized carbons (Fsp3) is 0. The second-order valence-corrected chi connectivity index (χ2v) is 5.94. The predicted molar refractivity (Wildman–Crippen MR) is 93.9 cm³/mol. The van der Waals surface area contributed by atoms with Gasteiger partial charge >= 0.3 is 0 Å². The molecule has 4 aromatic rings. The van der Waals surface area contributed by atoms with Crippen molar-refractivity contribution in [1.29, 1.82) is 0 Å². The second kappa shape index (κ2) is 5.69. The van der Waals surface area contributed by atoms with Gasteiger partial charge in [-0.05, 0) is 36.4 Å². The van der Waals surface area contributed by atoms with Crippen LogP contribution in [-0.2, 0) is 0 Å². The number of hydrogen-bond acceptors (Lipinski definition) is 2. The lowest BCUT2D eigenvalue weighted by molar-refractivity contribution is 1.18. The fourth-order valence-corrected chi connectivity index (χ4v) is 2.83. The van der Waals surface area contributed by atoms with Crippen LogP contribution in [0.25, 0.3) is 28.2 Å². The molecule has 0 radical (unpaired) electrons. The minimum Gasteiger partial charge on any atom is -0.299 e. The molecule has 0 fully saturated rings. The molecule has 3 nitrogen and oxygen atoms in total. The van der Waals surface area contributed by atoms with Crippen LogP contribution in [0, 0.1) is 0 Å². The van der Waals surface area contributed by atoms with Gasteiger partial charge < -0.3 is 0 Å². The van der Waals surface area contributed by atoms with Gasteiger partial charge in [0.1, 0.15) is 10.8 Å². The lowest BCUT2D eigenvalue weighted by Crippen LogP contribution is -1.90. The molecule has 3 aromatic heterocycles. The topological polar surface area (TPSA) is 30.2 Å². The standard InChI is InChI=1S/C18H11Cl2N3/c19-14-7-4-12(5-8-14)17-18(13-6-9-15(20)21-11-13)23-10-2-1-3-16(23)22-17/h1-11H. The Morgan fingerprint density at radius 3 is 2.35 bits per heavy atom. The minimum absolute atomic E-state index is 0.468. The van der Waals surface area contributed by atoms with Crippen molar-refractivity contribution in [3.63, 3.8) is 0 Å². The third-order valence-electron chi connectivity index (χ3n) is 3.65. The number of imidazole rings is 1. The Kier molecular flexibility index (Phi) is 3.52. The minimum atomic E-state index is 0.468. The fourth-order valence-electron chi connectivity index (χ4n) is 2.60. The first-order valence-electron chi connectivity index (χ1n) is 7.07. The quantitative estimate of drug-likeness (QED) is 0.459. The van der Waals surface area contributed by atoms with Gasteiger partial charge in [-0.2, -0.15) is 0 Å². The van der Waals surface area contributed by atoms with Crippen LogP contribution in [0.1, 0.15) is 0 Å². The summed E-state index contributed by atoms with van der Waals surface area (Å²) in [4.78, 5) is 8.96. The van der Waals surface area contributed by atoms with Gasteiger partial charge in [0.15, 0.2) is 0 Å². The lowest BCUT2D eigenvalue weighted by atomic mass is 10.1. The predicted octanol–water partition coefficient (Wildman–Crippen LogP) is 5.37. The molecular weight excluding hydrogens is 329 g/mol. The van der Waals surface area contributed by atoms with Crippen LogP contribution in [-0.4, -0.2) is 14.4 Å². The number of fused-ring (bicyclic) bond motifs is 1. The number of aromatic nitrogens is 3. The Morgan fingerprint density at radius 1 is 0.826 bits per heavy atom. The van der Waals surface area contributed by atoms with E-state index in [4.69, 9.17) is 28.2 Å². The molecule has 0 spiro atoms. The van der Waals surface area contributed by atoms with Gasteiger partial charge in [0.25, 0.3) is 0 Å². The van der Waals surface area contributed by atoms with Gasteiger partial charge in [0.05, 0.1) is 11.4 Å². The van der Waals surface area contributed by atoms with Gasteiger partial charge in [-0.15, -0.1) is 0 Å². The highest BCUT2D eigenvalue weighted by molar-refractivity contribution is 6.30. The van der Waals surface area contributed by atoms with Crippen molar-refractivity contribution in [1.82, 2.24) is 14.4 Å². The summed E-state index contributed by atoms with van der Waals surface area (Å²) in [7, 11) is 0. The first-order valence-corrected chi connectivity index (χ1v) is 7.83. The highest BCUT2D eigenvalue weighted by Gasteiger charge is 2.15. The van der Waals surface area contributed by atoms with Gasteiger partial charge in [0, 0.05) is 28.5 Å². The number of hydrogen-bond donors (Lipinski definition) is 0. The van der Waals surface area contributed by atoms with E-state index in [1.54, 1.807) is 12.3 Å². The van der Waals surface area contributed by atoms with Crippen molar-refractivity contribution in [2.24, 2.45) is 0 Å². The van der Waals surface area contributed by atoms with Gasteiger partial charge in [-0.25, -0.2) is 9.97 Å². The maximum absolute atomic E-state index is 6.00. The van der Waals surface area contributed by atoms with Gasteiger partial charge in [-0.3, -0.25) is 4.40 Å². The Hall–Kier alpha value is -2.36. The first kappa shape index (κ1) is 14.2. The number of benzene rings is 1. The zero-order valence-corrected chi connectivity index (χ0v) is 13.5. The van der Waals surface area contributed by atoms with Crippen LogP contribution in [0.15, 0.2) is 67.0 Å². The van der Waals surface area contributed by atoms with E-state index in [1.807, 2.05) is 54.7 Å². The van der Waals surface area contributed by atoms with Crippen LogP contribution in [0.3, 0.4) is 0 Å². The highest BCUT2D eigenvalue weighted by atomic mass is 35.5. The lowest BCUT2D eigenvalue weighted by Gasteiger charge is -2.05. The molecule has 112 valence electrons. The van der Waals surface area contributed by atoms with Gasteiger partial charge in [-0.1, -0.05) is 41.4 Å². The Balaban J connectivity index is 2.01. The summed E-state index contributed by atoms with van der Waals surface area (Å²) >= 11 is 11.9. The van der Waals surface area contributed by atoms with E-state index in [1.165, 1.54) is 0 Å². The average molecular weight is 340 g/mol. The summed E-state index contributed by atoms with van der Waals surface area (Å²) in [6.45, 7) is 0. The largest absolute Gasteiger partial charge is 0.299 e. The van der Waals surface area contributed by atoms with Crippen molar-refractivity contribution in [3.8, 4) is 22.5 Å². The van der Waals surface area contributed by atoms with E-state index in [-0.39, 0.29) is 0 Å². The summed E-state index contributed by atoms with van der Waals surface area (Å²) in [6, 6.07) is 17.3. The summed E-state index contributed by atoms with van der Waals surface area (Å²) in [6.07, 6.45) is 3.75. The average Bonchev–Trinajstić information content (AvgIpc) is 2.96. The second-order valence-electron chi connectivity index (χ2n) is 5.11. The van der Waals surface area contributed by atoms with Crippen molar-refractivity contribution >= 4 is 28.8 Å². The Labute approximate surface area is 143 Å². The third-order valence-corrected chi connectivity index (χ3v) is 4.12. The van der Waals surface area contributed by atoms with Crippen LogP contribution in [0.5, 0.6) is 0 Å². The van der Waals surface area contributed by atoms with E-state index >= 15 is 0 Å². The van der Waals surface area contributed by atoms with Crippen LogP contribution < -0.4 is 0 Å². The number of rotatable bonds is 2. The molecule has 3 heterocycles. The molecule has 0 aliphatic heterocycles. The summed E-state index contributed by atoms with van der Waals surface area (Å²) in [5.74, 6) is 0. The van der Waals surface area contributed by atoms with Crippen LogP contribution in [0.4, 0.5) is 0 Å². The molecule has 1 aromatic carbocycles. The van der Waals surface area contributed by atoms with E-state index in [2.05, 4.69) is 9.38 Å². The van der Waals surface area contributed by atoms with Gasteiger partial charge in [0.2, 0.25) is 0 Å².